The number of esters is 1. The molecule has 1 aromatic carbocycles. The maximum Gasteiger partial charge on any atom is 0.306 e. The lowest BCUT2D eigenvalue weighted by Gasteiger charge is -2.19. The molecule has 1 aromatic rings. The molecule has 26 heavy (non-hydrogen) atoms. The van der Waals surface area contributed by atoms with Crippen LogP contribution in [0.1, 0.15) is 52.0 Å². The Morgan fingerprint density at radius 2 is 1.62 bits per heavy atom. The number of carbonyl (C=O) groups is 1. The van der Waals surface area contributed by atoms with E-state index in [1.807, 2.05) is 27.7 Å². The maximum absolute atomic E-state index is 12.0. The van der Waals surface area contributed by atoms with Crippen LogP contribution in [0, 0.1) is 6.92 Å². The summed E-state index contributed by atoms with van der Waals surface area (Å²) in [5.41, 5.74) is 0.540. The molecule has 0 aliphatic heterocycles. The first-order valence-corrected chi connectivity index (χ1v) is 10.3. The van der Waals surface area contributed by atoms with Crippen LogP contribution in [0.3, 0.4) is 0 Å². The predicted octanol–water partition coefficient (Wildman–Crippen LogP) is 3.62. The number of unbranched alkanes of at least 4 members (excludes halogenated alkanes) is 2. The highest BCUT2D eigenvalue weighted by Crippen LogP contribution is 2.13. The average molecular weight is 387 g/mol. The Kier molecular flexibility index (Phi) is 9.25. The van der Waals surface area contributed by atoms with Crippen molar-refractivity contribution >= 4 is 16.1 Å². The summed E-state index contributed by atoms with van der Waals surface area (Å²) in [5, 5.41) is 0. The number of aryl methyl sites for hydroxylation is 1. The standard InChI is InChI=1S/C19H30O6S/c1-16-9-11-17(12-10-16)26(21,22)24-15-14-23-13-7-5-6-8-18(20)25-19(2,3)4/h9-12H,5-8,13-15H2,1-4H3. The first-order chi connectivity index (χ1) is 12.1. The lowest BCUT2D eigenvalue weighted by Crippen LogP contribution is -2.23. The minimum Gasteiger partial charge on any atom is -0.460 e. The van der Waals surface area contributed by atoms with E-state index in [-0.39, 0.29) is 24.1 Å². The van der Waals surface area contributed by atoms with Crippen LogP contribution in [0.4, 0.5) is 0 Å². The van der Waals surface area contributed by atoms with E-state index in [9.17, 15) is 13.2 Å². The Balaban J connectivity index is 2.07. The fourth-order valence-corrected chi connectivity index (χ4v) is 3.01. The van der Waals surface area contributed by atoms with Crippen LogP contribution < -0.4 is 0 Å². The van der Waals surface area contributed by atoms with E-state index in [1.165, 1.54) is 12.1 Å². The van der Waals surface area contributed by atoms with E-state index in [0.717, 1.165) is 24.8 Å². The van der Waals surface area contributed by atoms with E-state index in [4.69, 9.17) is 13.7 Å². The van der Waals surface area contributed by atoms with Gasteiger partial charge in [0.05, 0.1) is 18.1 Å². The molecule has 0 aliphatic rings. The molecule has 0 saturated carbocycles. The van der Waals surface area contributed by atoms with E-state index in [2.05, 4.69) is 0 Å². The molecule has 0 amide bonds. The quantitative estimate of drug-likeness (QED) is 0.328. The number of hydrogen-bond donors (Lipinski definition) is 0. The van der Waals surface area contributed by atoms with Crippen LogP contribution in [0.5, 0.6) is 0 Å². The fraction of sp³-hybridized carbons (Fsp3) is 0.632. The first-order valence-electron chi connectivity index (χ1n) is 8.86. The van der Waals surface area contributed by atoms with Crippen molar-refractivity contribution in [2.45, 2.75) is 63.9 Å². The van der Waals surface area contributed by atoms with Gasteiger partial charge in [0.25, 0.3) is 10.1 Å². The summed E-state index contributed by atoms with van der Waals surface area (Å²) in [6.45, 7) is 8.12. The number of benzene rings is 1. The van der Waals surface area contributed by atoms with Crippen LogP contribution in [0.2, 0.25) is 0 Å². The summed E-state index contributed by atoms with van der Waals surface area (Å²) >= 11 is 0. The third kappa shape index (κ3) is 9.89. The zero-order valence-electron chi connectivity index (χ0n) is 16.1. The molecular weight excluding hydrogens is 356 g/mol. The second-order valence-electron chi connectivity index (χ2n) is 7.10. The summed E-state index contributed by atoms with van der Waals surface area (Å²) in [6, 6.07) is 6.50. The molecule has 0 saturated heterocycles. The summed E-state index contributed by atoms with van der Waals surface area (Å²) in [5.74, 6) is -0.187. The molecule has 0 heterocycles. The van der Waals surface area contributed by atoms with E-state index in [0.29, 0.717) is 13.0 Å². The highest BCUT2D eigenvalue weighted by molar-refractivity contribution is 7.86. The smallest absolute Gasteiger partial charge is 0.306 e. The monoisotopic (exact) mass is 386 g/mol. The molecule has 0 aromatic heterocycles. The SMILES string of the molecule is Cc1ccc(S(=O)(=O)OCCOCCCCCC(=O)OC(C)(C)C)cc1. The second-order valence-corrected chi connectivity index (χ2v) is 8.71. The molecule has 0 unspecified atom stereocenters. The van der Waals surface area contributed by atoms with Crippen LogP contribution in [0.15, 0.2) is 29.2 Å². The lowest BCUT2D eigenvalue weighted by molar-refractivity contribution is -0.154. The Bertz CT molecular complexity index is 644. The van der Waals surface area contributed by atoms with Crippen molar-refractivity contribution in [2.75, 3.05) is 19.8 Å². The molecule has 0 radical (unpaired) electrons. The zero-order chi connectivity index (χ0) is 19.6. The van der Waals surface area contributed by atoms with Gasteiger partial charge >= 0.3 is 5.97 Å². The normalized spacial score (nSPS) is 12.2. The Labute approximate surface area is 157 Å². The topological polar surface area (TPSA) is 78.9 Å². The van der Waals surface area contributed by atoms with Gasteiger partial charge in [-0.25, -0.2) is 0 Å². The minimum absolute atomic E-state index is 0.0197. The van der Waals surface area contributed by atoms with Gasteiger partial charge in [0.2, 0.25) is 0 Å². The highest BCUT2D eigenvalue weighted by atomic mass is 32.2. The van der Waals surface area contributed by atoms with Crippen LogP contribution >= 0.6 is 0 Å². The van der Waals surface area contributed by atoms with E-state index < -0.39 is 15.7 Å². The Hall–Kier alpha value is -1.44. The van der Waals surface area contributed by atoms with Crippen LogP contribution in [-0.2, 0) is 28.6 Å². The van der Waals surface area contributed by atoms with Gasteiger partial charge in [-0.2, -0.15) is 8.42 Å². The Morgan fingerprint density at radius 1 is 0.962 bits per heavy atom. The molecule has 0 spiro atoms. The lowest BCUT2D eigenvalue weighted by atomic mass is 10.1. The predicted molar refractivity (Wildman–Crippen MR) is 99.4 cm³/mol. The summed E-state index contributed by atoms with van der Waals surface area (Å²) in [7, 11) is -3.73. The molecule has 7 heteroatoms. The highest BCUT2D eigenvalue weighted by Gasteiger charge is 2.16. The largest absolute Gasteiger partial charge is 0.460 e. The van der Waals surface area contributed by atoms with Crippen LogP contribution in [0.25, 0.3) is 0 Å². The second kappa shape index (κ2) is 10.6. The summed E-state index contributed by atoms with van der Waals surface area (Å²) < 4.78 is 39.5. The van der Waals surface area contributed by atoms with Gasteiger partial charge in [-0.05, 0) is 52.7 Å². The summed E-state index contributed by atoms with van der Waals surface area (Å²) in [4.78, 5) is 11.7. The van der Waals surface area contributed by atoms with Crippen LogP contribution in [-0.4, -0.2) is 39.8 Å². The number of rotatable bonds is 11. The van der Waals surface area contributed by atoms with Crippen molar-refractivity contribution in [1.82, 2.24) is 0 Å². The number of ether oxygens (including phenoxy) is 2. The third-order valence-corrected chi connectivity index (χ3v) is 4.69. The first kappa shape index (κ1) is 22.6. The molecule has 0 atom stereocenters. The third-order valence-electron chi connectivity index (χ3n) is 3.37. The molecule has 0 N–H and O–H groups in total. The minimum atomic E-state index is -3.73. The molecule has 148 valence electrons. The average Bonchev–Trinajstić information content (AvgIpc) is 2.52. The van der Waals surface area contributed by atoms with Gasteiger partial charge in [0.15, 0.2) is 0 Å². The van der Waals surface area contributed by atoms with Crippen molar-refractivity contribution in [3.05, 3.63) is 29.8 Å². The van der Waals surface area contributed by atoms with Gasteiger partial charge in [-0.15, -0.1) is 0 Å². The maximum atomic E-state index is 12.0. The van der Waals surface area contributed by atoms with Gasteiger partial charge in [-0.3, -0.25) is 8.98 Å². The Morgan fingerprint density at radius 3 is 2.23 bits per heavy atom. The molecule has 1 rings (SSSR count). The molecular formula is C19H30O6S. The van der Waals surface area contributed by atoms with Crippen molar-refractivity contribution in [3.63, 3.8) is 0 Å². The van der Waals surface area contributed by atoms with Gasteiger partial charge < -0.3 is 9.47 Å². The van der Waals surface area contributed by atoms with Crippen molar-refractivity contribution < 1.29 is 26.9 Å². The van der Waals surface area contributed by atoms with Crippen molar-refractivity contribution in [1.29, 1.82) is 0 Å². The van der Waals surface area contributed by atoms with Gasteiger partial charge in [0.1, 0.15) is 5.60 Å². The van der Waals surface area contributed by atoms with E-state index >= 15 is 0 Å². The zero-order valence-corrected chi connectivity index (χ0v) is 16.9. The summed E-state index contributed by atoms with van der Waals surface area (Å²) in [6.07, 6.45) is 2.79. The molecule has 0 aliphatic carbocycles. The number of hydrogen-bond acceptors (Lipinski definition) is 6. The number of carbonyl (C=O) groups excluding carboxylic acids is 1. The van der Waals surface area contributed by atoms with Crippen molar-refractivity contribution in [2.24, 2.45) is 0 Å². The van der Waals surface area contributed by atoms with Gasteiger partial charge in [-0.1, -0.05) is 24.1 Å². The van der Waals surface area contributed by atoms with Gasteiger partial charge in [0, 0.05) is 13.0 Å². The molecule has 6 nitrogen and oxygen atoms in total. The molecule has 0 fully saturated rings. The fourth-order valence-electron chi connectivity index (χ4n) is 2.12. The van der Waals surface area contributed by atoms with Crippen molar-refractivity contribution in [3.8, 4) is 0 Å². The molecule has 0 bridgehead atoms. The van der Waals surface area contributed by atoms with E-state index in [1.54, 1.807) is 12.1 Å².